The Hall–Kier alpha value is -2.42. The lowest BCUT2D eigenvalue weighted by Crippen LogP contribution is -2.60. The first kappa shape index (κ1) is 20.5. The van der Waals surface area contributed by atoms with Crippen molar-refractivity contribution < 1.29 is 9.59 Å². The summed E-state index contributed by atoms with van der Waals surface area (Å²) in [6.07, 6.45) is 9.75. The summed E-state index contributed by atoms with van der Waals surface area (Å²) in [6, 6.07) is 0. The number of hydrogen-bond donors (Lipinski definition) is 2. The van der Waals surface area contributed by atoms with Gasteiger partial charge in [-0.25, -0.2) is 9.67 Å². The van der Waals surface area contributed by atoms with Gasteiger partial charge in [-0.3, -0.25) is 14.3 Å². The second-order valence-electron chi connectivity index (χ2n) is 9.66. The van der Waals surface area contributed by atoms with E-state index in [-0.39, 0.29) is 22.6 Å². The third-order valence-electron chi connectivity index (χ3n) is 7.40. The zero-order valence-electron chi connectivity index (χ0n) is 17.9. The number of amides is 2. The van der Waals surface area contributed by atoms with Gasteiger partial charge in [0.25, 0.3) is 5.91 Å². The van der Waals surface area contributed by atoms with Gasteiger partial charge in [-0.05, 0) is 68.4 Å². The zero-order chi connectivity index (χ0) is 21.8. The van der Waals surface area contributed by atoms with Crippen molar-refractivity contribution in [1.29, 1.82) is 0 Å². The van der Waals surface area contributed by atoms with Crippen LogP contribution in [0.3, 0.4) is 0 Å². The summed E-state index contributed by atoms with van der Waals surface area (Å²) in [5.41, 5.74) is 0.159. The summed E-state index contributed by atoms with van der Waals surface area (Å²) in [5.74, 6) is 0.721. The maximum Gasteiger partial charge on any atom is 0.271 e. The van der Waals surface area contributed by atoms with E-state index in [1.54, 1.807) is 19.6 Å². The molecule has 2 aromatic heterocycles. The van der Waals surface area contributed by atoms with Gasteiger partial charge < -0.3 is 10.6 Å². The second-order valence-corrected chi connectivity index (χ2v) is 10.0. The van der Waals surface area contributed by atoms with Crippen molar-refractivity contribution in [2.45, 2.75) is 57.4 Å². The van der Waals surface area contributed by atoms with E-state index < -0.39 is 5.41 Å². The highest BCUT2D eigenvalue weighted by atomic mass is 35.5. The molecule has 2 heterocycles. The molecule has 4 aliphatic carbocycles. The van der Waals surface area contributed by atoms with Gasteiger partial charge in [0.2, 0.25) is 11.2 Å². The maximum absolute atomic E-state index is 13.7. The van der Waals surface area contributed by atoms with E-state index in [9.17, 15) is 9.59 Å². The standard InChI is InChI=1S/C21H28ClN7O2/c1-3-4-23-17(30)16-15(10-25-28(16)2)26-18(31)20-6-13-5-14(7-20)9-21(8-13,11-20)29-12-24-19(22)27-29/h10,12-14H,3-9,11H2,1-2H3,(H,23,30)(H,26,31). The molecule has 0 aromatic carbocycles. The molecular formula is C21H28ClN7O2. The van der Waals surface area contributed by atoms with Crippen molar-refractivity contribution in [2.24, 2.45) is 24.3 Å². The van der Waals surface area contributed by atoms with Crippen molar-refractivity contribution in [1.82, 2.24) is 29.9 Å². The van der Waals surface area contributed by atoms with Crippen LogP contribution in [-0.4, -0.2) is 42.9 Å². The van der Waals surface area contributed by atoms with Gasteiger partial charge in [-0.1, -0.05) is 6.92 Å². The molecule has 4 fully saturated rings. The SMILES string of the molecule is CCCNC(=O)c1c(NC(=O)C23CC4CC(C2)CC(n2cnc(Cl)n2)(C4)C3)cnn1C. The third kappa shape index (κ3) is 3.33. The minimum Gasteiger partial charge on any atom is -0.351 e. The van der Waals surface area contributed by atoms with E-state index in [1.807, 2.05) is 11.6 Å². The Balaban J connectivity index is 1.42. The van der Waals surface area contributed by atoms with E-state index >= 15 is 0 Å². The molecule has 2 unspecified atom stereocenters. The van der Waals surface area contributed by atoms with Gasteiger partial charge in [0.15, 0.2) is 0 Å². The Bertz CT molecular complexity index is 1010. The van der Waals surface area contributed by atoms with Gasteiger partial charge in [0, 0.05) is 13.6 Å². The zero-order valence-corrected chi connectivity index (χ0v) is 18.7. The largest absolute Gasteiger partial charge is 0.351 e. The first-order chi connectivity index (χ1) is 14.8. The molecular weight excluding hydrogens is 418 g/mol. The Morgan fingerprint density at radius 2 is 2.00 bits per heavy atom. The van der Waals surface area contributed by atoms with Gasteiger partial charge in [0.1, 0.15) is 12.0 Å². The molecule has 2 aromatic rings. The van der Waals surface area contributed by atoms with Gasteiger partial charge >= 0.3 is 0 Å². The van der Waals surface area contributed by atoms with E-state index in [4.69, 9.17) is 11.6 Å². The minimum absolute atomic E-state index is 0.0188. The molecule has 9 nitrogen and oxygen atoms in total. The van der Waals surface area contributed by atoms with Gasteiger partial charge in [-0.2, -0.15) is 5.10 Å². The van der Waals surface area contributed by atoms with Crippen LogP contribution in [0.4, 0.5) is 5.69 Å². The molecule has 4 saturated carbocycles. The van der Waals surface area contributed by atoms with Crippen molar-refractivity contribution in [3.8, 4) is 0 Å². The van der Waals surface area contributed by atoms with Crippen LogP contribution in [0.15, 0.2) is 12.5 Å². The van der Waals surface area contributed by atoms with Crippen LogP contribution in [0.5, 0.6) is 0 Å². The van der Waals surface area contributed by atoms with Gasteiger partial charge in [-0.15, -0.1) is 5.10 Å². The quantitative estimate of drug-likeness (QED) is 0.710. The number of carbonyl (C=O) groups is 2. The lowest BCUT2D eigenvalue weighted by molar-refractivity contribution is -0.150. The Kier molecular flexibility index (Phi) is 4.84. The fraction of sp³-hybridized carbons (Fsp3) is 0.667. The monoisotopic (exact) mass is 445 g/mol. The van der Waals surface area contributed by atoms with Crippen molar-refractivity contribution >= 4 is 29.1 Å². The topological polar surface area (TPSA) is 107 Å². The normalized spacial score (nSPS) is 31.1. The molecule has 31 heavy (non-hydrogen) atoms. The Labute approximate surface area is 185 Å². The first-order valence-corrected chi connectivity index (χ1v) is 11.4. The van der Waals surface area contributed by atoms with Crippen molar-refractivity contribution in [3.63, 3.8) is 0 Å². The summed E-state index contributed by atoms with van der Waals surface area (Å²) < 4.78 is 3.42. The molecule has 4 bridgehead atoms. The predicted octanol–water partition coefficient (Wildman–Crippen LogP) is 2.74. The summed E-state index contributed by atoms with van der Waals surface area (Å²) >= 11 is 6.02. The third-order valence-corrected chi connectivity index (χ3v) is 7.57. The van der Waals surface area contributed by atoms with Crippen LogP contribution in [0.2, 0.25) is 5.28 Å². The first-order valence-electron chi connectivity index (χ1n) is 11.0. The highest BCUT2D eigenvalue weighted by Gasteiger charge is 2.61. The average Bonchev–Trinajstić information content (AvgIpc) is 3.31. The highest BCUT2D eigenvalue weighted by Crippen LogP contribution is 2.64. The van der Waals surface area contributed by atoms with E-state index in [2.05, 4.69) is 25.8 Å². The number of aryl methyl sites for hydroxylation is 1. The molecule has 0 aliphatic heterocycles. The predicted molar refractivity (Wildman–Crippen MR) is 115 cm³/mol. The maximum atomic E-state index is 13.7. The van der Waals surface area contributed by atoms with Crippen LogP contribution >= 0.6 is 11.6 Å². The van der Waals surface area contributed by atoms with E-state index in [0.717, 1.165) is 44.9 Å². The average molecular weight is 446 g/mol. The Morgan fingerprint density at radius 1 is 1.26 bits per heavy atom. The van der Waals surface area contributed by atoms with Crippen LogP contribution in [0, 0.1) is 17.3 Å². The lowest BCUT2D eigenvalue weighted by atomic mass is 9.46. The second kappa shape index (κ2) is 7.32. The van der Waals surface area contributed by atoms with Crippen LogP contribution < -0.4 is 10.6 Å². The molecule has 2 atom stereocenters. The van der Waals surface area contributed by atoms with Crippen LogP contribution in [-0.2, 0) is 17.4 Å². The fourth-order valence-corrected chi connectivity index (χ4v) is 6.72. The molecule has 166 valence electrons. The molecule has 0 saturated heterocycles. The van der Waals surface area contributed by atoms with Crippen LogP contribution in [0.1, 0.15) is 62.4 Å². The van der Waals surface area contributed by atoms with E-state index in [1.165, 1.54) is 4.68 Å². The lowest BCUT2D eigenvalue weighted by Gasteiger charge is -2.60. The number of hydrogen-bond acceptors (Lipinski definition) is 5. The van der Waals surface area contributed by atoms with Crippen LogP contribution in [0.25, 0.3) is 0 Å². The Morgan fingerprint density at radius 3 is 2.65 bits per heavy atom. The number of nitrogens with zero attached hydrogens (tertiary/aromatic N) is 5. The van der Waals surface area contributed by atoms with Crippen molar-refractivity contribution in [2.75, 3.05) is 11.9 Å². The molecule has 10 heteroatoms. The van der Waals surface area contributed by atoms with E-state index in [0.29, 0.717) is 29.8 Å². The number of halogens is 1. The molecule has 6 rings (SSSR count). The summed E-state index contributed by atoms with van der Waals surface area (Å²) in [4.78, 5) is 30.4. The van der Waals surface area contributed by atoms with Crippen molar-refractivity contribution in [3.05, 3.63) is 23.5 Å². The smallest absolute Gasteiger partial charge is 0.271 e. The number of aromatic nitrogens is 5. The summed E-state index contributed by atoms with van der Waals surface area (Å²) in [7, 11) is 1.71. The number of carbonyl (C=O) groups excluding carboxylic acids is 2. The molecule has 0 spiro atoms. The minimum atomic E-state index is -0.477. The highest BCUT2D eigenvalue weighted by molar-refractivity contribution is 6.28. The molecule has 4 aliphatic rings. The molecule has 2 amide bonds. The summed E-state index contributed by atoms with van der Waals surface area (Å²) in [6.45, 7) is 2.57. The molecule has 2 N–H and O–H groups in total. The fourth-order valence-electron chi connectivity index (χ4n) is 6.59. The number of nitrogens with one attached hydrogen (secondary N) is 2. The molecule has 0 radical (unpaired) electrons. The number of anilines is 1. The summed E-state index contributed by atoms with van der Waals surface area (Å²) in [5, 5.41) is 14.8. The van der Waals surface area contributed by atoms with Gasteiger partial charge in [0.05, 0.1) is 22.8 Å². The number of rotatable bonds is 6.